The summed E-state index contributed by atoms with van der Waals surface area (Å²) in [7, 11) is 0. The molecule has 6 heteroatoms. The summed E-state index contributed by atoms with van der Waals surface area (Å²) in [6, 6.07) is 11.0. The number of fused-ring (bicyclic) bond motifs is 1. The Morgan fingerprint density at radius 2 is 1.78 bits per heavy atom. The van der Waals surface area contributed by atoms with Gasteiger partial charge in [-0.25, -0.2) is 0 Å². The zero-order chi connectivity index (χ0) is 19.6. The molecule has 0 spiro atoms. The first-order valence-electron chi connectivity index (χ1n) is 8.92. The summed E-state index contributed by atoms with van der Waals surface area (Å²) < 4.78 is 0. The Morgan fingerprint density at radius 3 is 2.44 bits per heavy atom. The highest BCUT2D eigenvalue weighted by molar-refractivity contribution is 6.01. The summed E-state index contributed by atoms with van der Waals surface area (Å²) in [6.45, 7) is 5.91. The average molecular weight is 365 g/mol. The highest BCUT2D eigenvalue weighted by atomic mass is 16.2. The fourth-order valence-corrected chi connectivity index (χ4v) is 3.33. The standard InChI is InChI=1S/C21H23N3O3/c1-13-5-4-6-14(2)20(13)23-19(26)12-22-21(27)17-7-8-18-16(11-17)9-10-24(18)15(3)25/h4-8,11H,9-10,12H2,1-3H3,(H,22,27)(H,23,26). The van der Waals surface area contributed by atoms with Crippen molar-refractivity contribution in [1.82, 2.24) is 5.32 Å². The predicted octanol–water partition coefficient (Wildman–Crippen LogP) is 2.58. The van der Waals surface area contributed by atoms with Crippen LogP contribution in [0.25, 0.3) is 0 Å². The molecule has 0 fully saturated rings. The van der Waals surface area contributed by atoms with Gasteiger partial charge in [-0.15, -0.1) is 0 Å². The Bertz CT molecular complexity index is 901. The van der Waals surface area contributed by atoms with Crippen molar-refractivity contribution in [3.63, 3.8) is 0 Å². The molecule has 2 N–H and O–H groups in total. The summed E-state index contributed by atoms with van der Waals surface area (Å²) in [5.41, 5.74) is 5.04. The van der Waals surface area contributed by atoms with Gasteiger partial charge in [-0.1, -0.05) is 18.2 Å². The molecule has 2 aromatic carbocycles. The van der Waals surface area contributed by atoms with E-state index in [0.29, 0.717) is 12.1 Å². The number of aryl methyl sites for hydroxylation is 2. The number of para-hydroxylation sites is 1. The molecule has 0 saturated carbocycles. The van der Waals surface area contributed by atoms with E-state index in [0.717, 1.165) is 34.5 Å². The number of carbonyl (C=O) groups is 3. The molecular formula is C21H23N3O3. The zero-order valence-corrected chi connectivity index (χ0v) is 15.8. The molecule has 0 aromatic heterocycles. The second kappa shape index (κ2) is 7.61. The molecule has 0 aliphatic carbocycles. The van der Waals surface area contributed by atoms with E-state index >= 15 is 0 Å². The van der Waals surface area contributed by atoms with Crippen LogP contribution in [0.2, 0.25) is 0 Å². The smallest absolute Gasteiger partial charge is 0.251 e. The molecule has 0 atom stereocenters. The molecule has 6 nitrogen and oxygen atoms in total. The first-order chi connectivity index (χ1) is 12.9. The van der Waals surface area contributed by atoms with E-state index in [1.165, 1.54) is 6.92 Å². The maximum absolute atomic E-state index is 12.4. The van der Waals surface area contributed by atoms with Crippen molar-refractivity contribution in [3.8, 4) is 0 Å². The van der Waals surface area contributed by atoms with E-state index < -0.39 is 0 Å². The van der Waals surface area contributed by atoms with Gasteiger partial charge in [0, 0.05) is 30.4 Å². The van der Waals surface area contributed by atoms with E-state index in [4.69, 9.17) is 0 Å². The van der Waals surface area contributed by atoms with Gasteiger partial charge >= 0.3 is 0 Å². The Morgan fingerprint density at radius 1 is 1.07 bits per heavy atom. The van der Waals surface area contributed by atoms with Crippen LogP contribution < -0.4 is 15.5 Å². The Kier molecular flexibility index (Phi) is 5.26. The largest absolute Gasteiger partial charge is 0.343 e. The third-order valence-corrected chi connectivity index (χ3v) is 4.77. The van der Waals surface area contributed by atoms with Crippen LogP contribution in [0.3, 0.4) is 0 Å². The topological polar surface area (TPSA) is 78.5 Å². The van der Waals surface area contributed by atoms with Gasteiger partial charge in [-0.05, 0) is 55.2 Å². The third kappa shape index (κ3) is 4.00. The lowest BCUT2D eigenvalue weighted by Gasteiger charge is -2.15. The van der Waals surface area contributed by atoms with Crippen LogP contribution in [0.5, 0.6) is 0 Å². The van der Waals surface area contributed by atoms with Crippen LogP contribution >= 0.6 is 0 Å². The van der Waals surface area contributed by atoms with Gasteiger partial charge in [0.15, 0.2) is 0 Å². The Hall–Kier alpha value is -3.15. The molecule has 0 saturated heterocycles. The quantitative estimate of drug-likeness (QED) is 0.874. The number of anilines is 2. The number of rotatable bonds is 4. The molecule has 0 unspecified atom stereocenters. The highest BCUT2D eigenvalue weighted by Gasteiger charge is 2.23. The van der Waals surface area contributed by atoms with E-state index in [1.807, 2.05) is 32.0 Å². The molecule has 3 amide bonds. The van der Waals surface area contributed by atoms with Gasteiger partial charge in [0.1, 0.15) is 0 Å². The minimum absolute atomic E-state index is 0.00544. The summed E-state index contributed by atoms with van der Waals surface area (Å²) in [5, 5.41) is 5.50. The van der Waals surface area contributed by atoms with Gasteiger partial charge in [0.2, 0.25) is 11.8 Å². The molecule has 140 valence electrons. The lowest BCUT2D eigenvalue weighted by molar-refractivity contribution is -0.116. The van der Waals surface area contributed by atoms with Gasteiger partial charge in [0.25, 0.3) is 5.91 Å². The van der Waals surface area contributed by atoms with Gasteiger partial charge in [0.05, 0.1) is 6.54 Å². The number of hydrogen-bond donors (Lipinski definition) is 2. The molecule has 1 heterocycles. The number of carbonyl (C=O) groups excluding carboxylic acids is 3. The fraction of sp³-hybridized carbons (Fsp3) is 0.286. The number of nitrogens with one attached hydrogen (secondary N) is 2. The van der Waals surface area contributed by atoms with Crippen molar-refractivity contribution >= 4 is 29.1 Å². The lowest BCUT2D eigenvalue weighted by atomic mass is 10.1. The van der Waals surface area contributed by atoms with Crippen molar-refractivity contribution in [2.45, 2.75) is 27.2 Å². The zero-order valence-electron chi connectivity index (χ0n) is 15.8. The maximum Gasteiger partial charge on any atom is 0.251 e. The van der Waals surface area contributed by atoms with Crippen LogP contribution in [0, 0.1) is 13.8 Å². The van der Waals surface area contributed by atoms with Crippen molar-refractivity contribution < 1.29 is 14.4 Å². The predicted molar refractivity (Wildman–Crippen MR) is 105 cm³/mol. The molecule has 2 aromatic rings. The normalized spacial score (nSPS) is 12.5. The molecule has 1 aliphatic heterocycles. The van der Waals surface area contributed by atoms with E-state index in [2.05, 4.69) is 10.6 Å². The monoisotopic (exact) mass is 365 g/mol. The third-order valence-electron chi connectivity index (χ3n) is 4.77. The number of nitrogens with zero attached hydrogens (tertiary/aromatic N) is 1. The molecule has 3 rings (SSSR count). The lowest BCUT2D eigenvalue weighted by Crippen LogP contribution is -2.33. The average Bonchev–Trinajstić information content (AvgIpc) is 3.06. The summed E-state index contributed by atoms with van der Waals surface area (Å²) >= 11 is 0. The SMILES string of the molecule is CC(=O)N1CCc2cc(C(=O)NCC(=O)Nc3c(C)cccc3C)ccc21. The van der Waals surface area contributed by atoms with Crippen LogP contribution in [0.15, 0.2) is 36.4 Å². The second-order valence-corrected chi connectivity index (χ2v) is 6.76. The van der Waals surface area contributed by atoms with Crippen molar-refractivity contribution in [2.75, 3.05) is 23.3 Å². The summed E-state index contributed by atoms with van der Waals surface area (Å²) in [4.78, 5) is 37.9. The van der Waals surface area contributed by atoms with E-state index in [1.54, 1.807) is 23.1 Å². The van der Waals surface area contributed by atoms with Crippen molar-refractivity contribution in [2.24, 2.45) is 0 Å². The summed E-state index contributed by atoms with van der Waals surface area (Å²) in [5.74, 6) is -0.588. The van der Waals surface area contributed by atoms with Gasteiger partial charge < -0.3 is 15.5 Å². The minimum Gasteiger partial charge on any atom is -0.343 e. The fourth-order valence-electron chi connectivity index (χ4n) is 3.33. The number of hydrogen-bond acceptors (Lipinski definition) is 3. The van der Waals surface area contributed by atoms with E-state index in [9.17, 15) is 14.4 Å². The number of benzene rings is 2. The van der Waals surface area contributed by atoms with Crippen LogP contribution in [0.1, 0.15) is 34.0 Å². The highest BCUT2D eigenvalue weighted by Crippen LogP contribution is 2.28. The Balaban J connectivity index is 1.61. The van der Waals surface area contributed by atoms with Crippen molar-refractivity contribution in [1.29, 1.82) is 0 Å². The molecule has 0 radical (unpaired) electrons. The van der Waals surface area contributed by atoms with Gasteiger partial charge in [-0.3, -0.25) is 14.4 Å². The van der Waals surface area contributed by atoms with Crippen LogP contribution in [-0.4, -0.2) is 30.8 Å². The molecule has 1 aliphatic rings. The molecule has 27 heavy (non-hydrogen) atoms. The first-order valence-corrected chi connectivity index (χ1v) is 8.92. The van der Waals surface area contributed by atoms with Gasteiger partial charge in [-0.2, -0.15) is 0 Å². The first kappa shape index (κ1) is 18.6. The second-order valence-electron chi connectivity index (χ2n) is 6.76. The van der Waals surface area contributed by atoms with Crippen LogP contribution in [-0.2, 0) is 16.0 Å². The maximum atomic E-state index is 12.4. The molecular weight excluding hydrogens is 342 g/mol. The van der Waals surface area contributed by atoms with Crippen LogP contribution in [0.4, 0.5) is 11.4 Å². The molecule has 0 bridgehead atoms. The Labute approximate surface area is 158 Å². The summed E-state index contributed by atoms with van der Waals surface area (Å²) in [6.07, 6.45) is 0.725. The van der Waals surface area contributed by atoms with E-state index in [-0.39, 0.29) is 24.3 Å². The van der Waals surface area contributed by atoms with Crippen molar-refractivity contribution in [3.05, 3.63) is 58.7 Å². The minimum atomic E-state index is -0.310. The number of amides is 3.